The summed E-state index contributed by atoms with van der Waals surface area (Å²) in [6, 6.07) is 8.19. The van der Waals surface area contributed by atoms with E-state index in [2.05, 4.69) is 0 Å². The highest BCUT2D eigenvalue weighted by Gasteiger charge is 2.24. The molecule has 0 radical (unpaired) electrons. The average molecular weight is 482 g/mol. The Hall–Kier alpha value is -4.40. The summed E-state index contributed by atoms with van der Waals surface area (Å²) in [6.07, 6.45) is 3.33. The van der Waals surface area contributed by atoms with Crippen LogP contribution in [0.5, 0.6) is 28.7 Å². The third-order valence-corrected chi connectivity index (χ3v) is 5.43. The van der Waals surface area contributed by atoms with Crippen LogP contribution >= 0.6 is 0 Å². The van der Waals surface area contributed by atoms with Crippen molar-refractivity contribution < 1.29 is 43.1 Å². The number of rotatable bonds is 9. The van der Waals surface area contributed by atoms with Crippen LogP contribution in [-0.2, 0) is 4.74 Å². The Labute approximate surface area is 202 Å². The maximum atomic E-state index is 12.7. The van der Waals surface area contributed by atoms with E-state index in [1.165, 1.54) is 48.7 Å². The number of hydrogen-bond donors (Lipinski definition) is 1. The average Bonchev–Trinajstić information content (AvgIpc) is 2.88. The van der Waals surface area contributed by atoms with E-state index in [1.54, 1.807) is 36.4 Å². The predicted molar refractivity (Wildman–Crippen MR) is 130 cm³/mol. The van der Waals surface area contributed by atoms with Crippen LogP contribution in [0.3, 0.4) is 0 Å². The number of methoxy groups -OCH3 is 6. The Morgan fingerprint density at radius 1 is 0.714 bits per heavy atom. The van der Waals surface area contributed by atoms with Gasteiger partial charge in [0, 0.05) is 0 Å². The highest BCUT2D eigenvalue weighted by molar-refractivity contribution is 6.12. The monoisotopic (exact) mass is 482 g/mol. The standard InChI is InChI=1S/C26H26O9/c1-30-19-12-15-11-18(25(27)28)23(26(29)35-6)16(17(15)13-20(19)31-2)8-7-14-9-21(32-3)24(34-5)22(10-14)33-4/h7-13H,1-6H3,(H,27,28)/b8-7+. The van der Waals surface area contributed by atoms with Crippen LogP contribution in [0, 0.1) is 0 Å². The van der Waals surface area contributed by atoms with Crippen molar-refractivity contribution in [3.8, 4) is 28.7 Å². The summed E-state index contributed by atoms with van der Waals surface area (Å²) in [5.41, 5.74) is 0.690. The number of carbonyl (C=O) groups excluding carboxylic acids is 1. The molecule has 0 aliphatic heterocycles. The van der Waals surface area contributed by atoms with Crippen molar-refractivity contribution in [2.45, 2.75) is 0 Å². The lowest BCUT2D eigenvalue weighted by molar-refractivity contribution is 0.0582. The first kappa shape index (κ1) is 25.2. The van der Waals surface area contributed by atoms with Crippen LogP contribution < -0.4 is 23.7 Å². The highest BCUT2D eigenvalue weighted by Crippen LogP contribution is 2.40. The molecule has 0 aliphatic carbocycles. The lowest BCUT2D eigenvalue weighted by Crippen LogP contribution is -2.12. The second-order valence-electron chi connectivity index (χ2n) is 7.23. The van der Waals surface area contributed by atoms with Crippen molar-refractivity contribution in [3.63, 3.8) is 0 Å². The molecule has 3 aromatic carbocycles. The highest BCUT2D eigenvalue weighted by atomic mass is 16.5. The zero-order valence-electron chi connectivity index (χ0n) is 20.3. The molecule has 0 heterocycles. The molecule has 0 aromatic heterocycles. The van der Waals surface area contributed by atoms with E-state index in [0.29, 0.717) is 50.6 Å². The fraction of sp³-hybridized carbons (Fsp3) is 0.231. The summed E-state index contributed by atoms with van der Waals surface area (Å²) in [5, 5.41) is 11.0. The third kappa shape index (κ3) is 4.79. The van der Waals surface area contributed by atoms with E-state index in [0.717, 1.165) is 0 Å². The van der Waals surface area contributed by atoms with Crippen LogP contribution in [0.15, 0.2) is 30.3 Å². The molecule has 3 rings (SSSR count). The van der Waals surface area contributed by atoms with Crippen LogP contribution in [0.1, 0.15) is 31.8 Å². The molecule has 0 saturated heterocycles. The molecule has 3 aromatic rings. The minimum absolute atomic E-state index is 0.0941. The van der Waals surface area contributed by atoms with E-state index in [1.807, 2.05) is 0 Å². The van der Waals surface area contributed by atoms with Gasteiger partial charge in [-0.1, -0.05) is 12.2 Å². The minimum Gasteiger partial charge on any atom is -0.493 e. The first-order valence-corrected chi connectivity index (χ1v) is 10.4. The summed E-state index contributed by atoms with van der Waals surface area (Å²) in [4.78, 5) is 24.8. The smallest absolute Gasteiger partial charge is 0.339 e. The van der Waals surface area contributed by atoms with Gasteiger partial charge in [-0.25, -0.2) is 9.59 Å². The molecule has 0 amide bonds. The number of carbonyl (C=O) groups is 2. The van der Waals surface area contributed by atoms with Crippen molar-refractivity contribution in [1.29, 1.82) is 0 Å². The Balaban J connectivity index is 2.36. The van der Waals surface area contributed by atoms with Crippen molar-refractivity contribution in [2.24, 2.45) is 0 Å². The fourth-order valence-corrected chi connectivity index (χ4v) is 3.80. The van der Waals surface area contributed by atoms with Crippen molar-refractivity contribution in [1.82, 2.24) is 0 Å². The van der Waals surface area contributed by atoms with Gasteiger partial charge in [-0.05, 0) is 52.2 Å². The Morgan fingerprint density at radius 3 is 1.77 bits per heavy atom. The van der Waals surface area contributed by atoms with E-state index >= 15 is 0 Å². The summed E-state index contributed by atoms with van der Waals surface area (Å²) in [6.45, 7) is 0. The largest absolute Gasteiger partial charge is 0.493 e. The number of ether oxygens (including phenoxy) is 6. The van der Waals surface area contributed by atoms with Gasteiger partial charge in [0.1, 0.15) is 0 Å². The maximum absolute atomic E-state index is 12.7. The molecule has 0 bridgehead atoms. The number of carboxylic acid groups (broad SMARTS) is 1. The van der Waals surface area contributed by atoms with Crippen molar-refractivity contribution in [2.75, 3.05) is 42.7 Å². The van der Waals surface area contributed by atoms with Gasteiger partial charge in [0.2, 0.25) is 5.75 Å². The number of fused-ring (bicyclic) bond motifs is 1. The van der Waals surface area contributed by atoms with E-state index in [9.17, 15) is 14.7 Å². The Morgan fingerprint density at radius 2 is 1.29 bits per heavy atom. The van der Waals surface area contributed by atoms with E-state index in [-0.39, 0.29) is 11.1 Å². The number of aromatic carboxylic acids is 1. The molecule has 0 saturated carbocycles. The van der Waals surface area contributed by atoms with Crippen LogP contribution in [0.4, 0.5) is 0 Å². The van der Waals surface area contributed by atoms with E-state index < -0.39 is 11.9 Å². The van der Waals surface area contributed by atoms with Crippen molar-refractivity contribution in [3.05, 3.63) is 52.6 Å². The van der Waals surface area contributed by atoms with Gasteiger partial charge in [0.15, 0.2) is 23.0 Å². The Kier molecular flexibility index (Phi) is 7.70. The van der Waals surface area contributed by atoms with Gasteiger partial charge >= 0.3 is 11.9 Å². The topological polar surface area (TPSA) is 110 Å². The molecule has 0 unspecified atom stereocenters. The molecule has 0 atom stereocenters. The summed E-state index contributed by atoms with van der Waals surface area (Å²) in [5.74, 6) is 0.0826. The summed E-state index contributed by atoms with van der Waals surface area (Å²) < 4.78 is 31.9. The molecule has 9 nitrogen and oxygen atoms in total. The number of esters is 1. The first-order chi connectivity index (χ1) is 16.8. The van der Waals surface area contributed by atoms with Gasteiger partial charge in [-0.2, -0.15) is 0 Å². The molecule has 9 heteroatoms. The zero-order valence-corrected chi connectivity index (χ0v) is 20.3. The van der Waals surface area contributed by atoms with E-state index in [4.69, 9.17) is 28.4 Å². The summed E-state index contributed by atoms with van der Waals surface area (Å²) in [7, 11) is 8.67. The number of benzene rings is 3. The molecule has 0 spiro atoms. The second-order valence-corrected chi connectivity index (χ2v) is 7.23. The van der Waals surface area contributed by atoms with Gasteiger partial charge < -0.3 is 33.5 Å². The van der Waals surface area contributed by atoms with Crippen LogP contribution in [-0.4, -0.2) is 59.7 Å². The molecule has 1 N–H and O–H groups in total. The number of hydrogen-bond acceptors (Lipinski definition) is 8. The first-order valence-electron chi connectivity index (χ1n) is 10.4. The molecule has 0 aliphatic rings. The quantitative estimate of drug-likeness (QED) is 0.347. The Bertz CT molecular complexity index is 1280. The predicted octanol–water partition coefficient (Wildman–Crippen LogP) is 4.54. The van der Waals surface area contributed by atoms with Crippen LogP contribution in [0.2, 0.25) is 0 Å². The van der Waals surface area contributed by atoms with Gasteiger partial charge in [0.05, 0.1) is 53.8 Å². The molecule has 0 fully saturated rings. The lowest BCUT2D eigenvalue weighted by atomic mass is 9.92. The molecular weight excluding hydrogens is 456 g/mol. The minimum atomic E-state index is -1.27. The summed E-state index contributed by atoms with van der Waals surface area (Å²) >= 11 is 0. The van der Waals surface area contributed by atoms with Crippen LogP contribution in [0.25, 0.3) is 22.9 Å². The number of carboxylic acids is 1. The fourth-order valence-electron chi connectivity index (χ4n) is 3.80. The lowest BCUT2D eigenvalue weighted by Gasteiger charge is -2.16. The van der Waals surface area contributed by atoms with Gasteiger partial charge in [0.25, 0.3) is 0 Å². The molecule has 35 heavy (non-hydrogen) atoms. The maximum Gasteiger partial charge on any atom is 0.339 e. The SMILES string of the molecule is COC(=O)c1c(C(=O)O)cc2cc(OC)c(OC)cc2c1/C=C/c1cc(OC)c(OC)c(OC)c1. The zero-order chi connectivity index (χ0) is 25.7. The molecule has 184 valence electrons. The van der Waals surface area contributed by atoms with Gasteiger partial charge in [-0.3, -0.25) is 0 Å². The normalized spacial score (nSPS) is 10.8. The third-order valence-electron chi connectivity index (χ3n) is 5.43. The second kappa shape index (κ2) is 10.7. The van der Waals surface area contributed by atoms with Crippen molar-refractivity contribution >= 4 is 34.9 Å². The molecular formula is C26H26O9. The van der Waals surface area contributed by atoms with Gasteiger partial charge in [-0.15, -0.1) is 0 Å².